The van der Waals surface area contributed by atoms with Gasteiger partial charge in [0, 0.05) is 6.04 Å². The fourth-order valence-corrected chi connectivity index (χ4v) is 3.11. The molecule has 1 atom stereocenters. The first-order valence-electron chi connectivity index (χ1n) is 6.32. The van der Waals surface area contributed by atoms with Crippen LogP contribution in [-0.2, 0) is 6.42 Å². The van der Waals surface area contributed by atoms with Crippen molar-refractivity contribution < 1.29 is 0 Å². The van der Waals surface area contributed by atoms with Crippen molar-refractivity contribution in [1.82, 2.24) is 5.32 Å². The van der Waals surface area contributed by atoms with Crippen LogP contribution in [0.4, 0.5) is 0 Å². The Labute approximate surface area is 114 Å². The average molecular weight is 272 g/mol. The summed E-state index contributed by atoms with van der Waals surface area (Å²) in [4.78, 5) is 0. The summed E-state index contributed by atoms with van der Waals surface area (Å²) in [7, 11) is 2.06. The highest BCUT2D eigenvalue weighted by Crippen LogP contribution is 2.30. The van der Waals surface area contributed by atoms with E-state index < -0.39 is 0 Å². The quantitative estimate of drug-likeness (QED) is 0.861. The van der Waals surface area contributed by atoms with E-state index in [0.29, 0.717) is 16.1 Å². The molecule has 3 heteroatoms. The molecule has 1 fully saturated rings. The topological polar surface area (TPSA) is 12.0 Å². The largest absolute Gasteiger partial charge is 0.316 e. The van der Waals surface area contributed by atoms with Gasteiger partial charge >= 0.3 is 0 Å². The molecule has 94 valence electrons. The van der Waals surface area contributed by atoms with Crippen LogP contribution in [0.2, 0.25) is 10.0 Å². The molecule has 0 saturated heterocycles. The predicted octanol–water partition coefficient (Wildman–Crippen LogP) is 4.31. The number of halogens is 2. The summed E-state index contributed by atoms with van der Waals surface area (Å²) in [6.45, 7) is 0. The highest BCUT2D eigenvalue weighted by molar-refractivity contribution is 6.42. The van der Waals surface area contributed by atoms with Gasteiger partial charge in [-0.15, -0.1) is 0 Å². The van der Waals surface area contributed by atoms with Gasteiger partial charge in [0.2, 0.25) is 0 Å². The van der Waals surface area contributed by atoms with Crippen molar-refractivity contribution in [1.29, 1.82) is 0 Å². The summed E-state index contributed by atoms with van der Waals surface area (Å²) in [5.74, 6) is 0.814. The van der Waals surface area contributed by atoms with Crippen molar-refractivity contribution in [3.05, 3.63) is 33.8 Å². The lowest BCUT2D eigenvalue weighted by Gasteiger charge is -2.23. The van der Waals surface area contributed by atoms with E-state index in [-0.39, 0.29) is 0 Å². The van der Waals surface area contributed by atoms with E-state index in [9.17, 15) is 0 Å². The minimum absolute atomic E-state index is 0.565. The van der Waals surface area contributed by atoms with Crippen LogP contribution in [0.15, 0.2) is 18.2 Å². The van der Waals surface area contributed by atoms with E-state index >= 15 is 0 Å². The molecule has 0 spiro atoms. The first-order valence-corrected chi connectivity index (χ1v) is 7.07. The van der Waals surface area contributed by atoms with E-state index in [1.165, 1.54) is 31.2 Å². The molecule has 1 N–H and O–H groups in total. The Hall–Kier alpha value is -0.240. The van der Waals surface area contributed by atoms with Crippen LogP contribution in [0, 0.1) is 5.92 Å². The zero-order valence-corrected chi connectivity index (χ0v) is 11.7. The Morgan fingerprint density at radius 3 is 2.53 bits per heavy atom. The van der Waals surface area contributed by atoms with E-state index in [4.69, 9.17) is 23.2 Å². The number of hydrogen-bond acceptors (Lipinski definition) is 1. The maximum absolute atomic E-state index is 6.05. The van der Waals surface area contributed by atoms with Gasteiger partial charge in [-0.2, -0.15) is 0 Å². The van der Waals surface area contributed by atoms with Gasteiger partial charge in [0.05, 0.1) is 10.0 Å². The van der Waals surface area contributed by atoms with Crippen LogP contribution in [0.1, 0.15) is 31.2 Å². The zero-order chi connectivity index (χ0) is 12.3. The van der Waals surface area contributed by atoms with Crippen LogP contribution in [-0.4, -0.2) is 13.1 Å². The third-order valence-corrected chi connectivity index (χ3v) is 4.52. The normalized spacial score (nSPS) is 18.5. The van der Waals surface area contributed by atoms with Crippen molar-refractivity contribution in [3.63, 3.8) is 0 Å². The van der Waals surface area contributed by atoms with E-state index in [0.717, 1.165) is 12.3 Å². The van der Waals surface area contributed by atoms with E-state index in [1.807, 2.05) is 12.1 Å². The molecule has 1 aliphatic rings. The third-order valence-electron chi connectivity index (χ3n) is 3.78. The highest BCUT2D eigenvalue weighted by atomic mass is 35.5. The molecule has 0 bridgehead atoms. The van der Waals surface area contributed by atoms with Crippen LogP contribution in [0.5, 0.6) is 0 Å². The summed E-state index contributed by atoms with van der Waals surface area (Å²) in [6, 6.07) is 6.52. The number of likely N-dealkylation sites (N-methyl/N-ethyl adjacent to an activating group) is 1. The molecule has 1 nitrogen and oxygen atoms in total. The van der Waals surface area contributed by atoms with Crippen LogP contribution in [0.3, 0.4) is 0 Å². The van der Waals surface area contributed by atoms with Crippen molar-refractivity contribution in [2.24, 2.45) is 5.92 Å². The molecule has 0 amide bonds. The lowest BCUT2D eigenvalue weighted by atomic mass is 9.92. The summed E-state index contributed by atoms with van der Waals surface area (Å²) >= 11 is 12.0. The molecule has 1 unspecified atom stereocenters. The molecule has 0 heterocycles. The van der Waals surface area contributed by atoms with Crippen LogP contribution in [0.25, 0.3) is 0 Å². The van der Waals surface area contributed by atoms with Gasteiger partial charge in [-0.25, -0.2) is 0 Å². The Balaban J connectivity index is 2.04. The maximum atomic E-state index is 6.05. The molecule has 1 aromatic rings. The van der Waals surface area contributed by atoms with Crippen LogP contribution >= 0.6 is 23.2 Å². The molecule has 17 heavy (non-hydrogen) atoms. The summed E-state index contributed by atoms with van der Waals surface area (Å²) in [6.07, 6.45) is 6.51. The monoisotopic (exact) mass is 271 g/mol. The molecule has 1 aliphatic carbocycles. The lowest BCUT2D eigenvalue weighted by molar-refractivity contribution is 0.377. The summed E-state index contributed by atoms with van der Waals surface area (Å²) < 4.78 is 0. The molecule has 1 aromatic carbocycles. The first kappa shape index (κ1) is 13.2. The Kier molecular flexibility index (Phi) is 4.72. The van der Waals surface area contributed by atoms with Gasteiger partial charge < -0.3 is 5.32 Å². The van der Waals surface area contributed by atoms with Crippen molar-refractivity contribution in [3.8, 4) is 0 Å². The Bertz CT molecular complexity index is 372. The predicted molar refractivity (Wildman–Crippen MR) is 75.0 cm³/mol. The number of benzene rings is 1. The molecule has 0 radical (unpaired) electrons. The molecule has 0 aliphatic heterocycles. The minimum atomic E-state index is 0.565. The SMILES string of the molecule is CNC(Cc1ccc(Cl)c(Cl)c1)C1CCCC1. The van der Waals surface area contributed by atoms with Gasteiger partial charge in [-0.3, -0.25) is 0 Å². The molecular formula is C14H19Cl2N. The molecular weight excluding hydrogens is 253 g/mol. The van der Waals surface area contributed by atoms with Gasteiger partial charge in [-0.05, 0) is 49.9 Å². The van der Waals surface area contributed by atoms with Crippen molar-refractivity contribution in [2.45, 2.75) is 38.1 Å². The Morgan fingerprint density at radius 2 is 1.94 bits per heavy atom. The summed E-state index contributed by atoms with van der Waals surface area (Å²) in [5.41, 5.74) is 1.27. The van der Waals surface area contributed by atoms with Gasteiger partial charge in [0.25, 0.3) is 0 Å². The van der Waals surface area contributed by atoms with Gasteiger partial charge in [0.1, 0.15) is 0 Å². The first-order chi connectivity index (χ1) is 8.20. The van der Waals surface area contributed by atoms with E-state index in [2.05, 4.69) is 18.4 Å². The van der Waals surface area contributed by atoms with E-state index in [1.54, 1.807) is 0 Å². The second-order valence-corrected chi connectivity index (χ2v) is 5.71. The van der Waals surface area contributed by atoms with Crippen molar-refractivity contribution >= 4 is 23.2 Å². The summed E-state index contributed by atoms with van der Waals surface area (Å²) in [5, 5.41) is 4.74. The third kappa shape index (κ3) is 3.37. The lowest BCUT2D eigenvalue weighted by Crippen LogP contribution is -2.34. The van der Waals surface area contributed by atoms with Gasteiger partial charge in [0.15, 0.2) is 0 Å². The molecule has 0 aromatic heterocycles. The zero-order valence-electron chi connectivity index (χ0n) is 10.2. The second kappa shape index (κ2) is 6.08. The van der Waals surface area contributed by atoms with Gasteiger partial charge in [-0.1, -0.05) is 42.1 Å². The number of hydrogen-bond donors (Lipinski definition) is 1. The maximum Gasteiger partial charge on any atom is 0.0595 e. The standard InChI is InChI=1S/C14H19Cl2N/c1-17-14(11-4-2-3-5-11)9-10-6-7-12(15)13(16)8-10/h6-8,11,14,17H,2-5,9H2,1H3. The number of nitrogens with one attached hydrogen (secondary N) is 1. The minimum Gasteiger partial charge on any atom is -0.316 e. The average Bonchev–Trinajstić information content (AvgIpc) is 2.84. The molecule has 1 saturated carbocycles. The smallest absolute Gasteiger partial charge is 0.0595 e. The van der Waals surface area contributed by atoms with Crippen molar-refractivity contribution in [2.75, 3.05) is 7.05 Å². The fourth-order valence-electron chi connectivity index (χ4n) is 2.78. The fraction of sp³-hybridized carbons (Fsp3) is 0.571. The highest BCUT2D eigenvalue weighted by Gasteiger charge is 2.23. The molecule has 2 rings (SSSR count). The number of rotatable bonds is 4. The second-order valence-electron chi connectivity index (χ2n) is 4.89. The van der Waals surface area contributed by atoms with Crippen LogP contribution < -0.4 is 5.32 Å². The Morgan fingerprint density at radius 1 is 1.24 bits per heavy atom.